The van der Waals surface area contributed by atoms with Gasteiger partial charge in [-0.1, -0.05) is 0 Å². The lowest BCUT2D eigenvalue weighted by Crippen LogP contribution is -2.32. The molecule has 1 heterocycles. The lowest BCUT2D eigenvalue weighted by Gasteiger charge is -2.15. The van der Waals surface area contributed by atoms with Crippen LogP contribution >= 0.6 is 0 Å². The Morgan fingerprint density at radius 2 is 2.10 bits per heavy atom. The summed E-state index contributed by atoms with van der Waals surface area (Å²) >= 11 is 0. The van der Waals surface area contributed by atoms with Crippen molar-refractivity contribution in [2.24, 2.45) is 13.0 Å². The molecule has 0 aromatic carbocycles. The Morgan fingerprint density at radius 1 is 1.40 bits per heavy atom. The van der Waals surface area contributed by atoms with E-state index in [0.717, 1.165) is 37.4 Å². The van der Waals surface area contributed by atoms with Gasteiger partial charge in [0.25, 0.3) is 0 Å². The predicted octanol–water partition coefficient (Wildman–Crippen LogP) is 0.410. The Bertz CT molecular complexity index is 476. The van der Waals surface area contributed by atoms with Gasteiger partial charge in [0.1, 0.15) is 5.82 Å². The van der Waals surface area contributed by atoms with Gasteiger partial charge in [0.05, 0.1) is 5.69 Å². The van der Waals surface area contributed by atoms with Gasteiger partial charge in [-0.3, -0.25) is 9.48 Å². The number of hydrogen-bond acceptors (Lipinski definition) is 4. The molecule has 0 saturated heterocycles. The van der Waals surface area contributed by atoms with Crippen molar-refractivity contribution in [3.05, 3.63) is 11.3 Å². The molecular weight excluding hydrogens is 254 g/mol. The standard InChI is InChI=1S/C14H25N5O/c1-10-12(14(18(2)3)19(4)17-10)9-15-7-8-16-13(20)11-5-6-11/h11,15H,5-9H2,1-4H3,(H,16,20). The molecule has 0 bridgehead atoms. The lowest BCUT2D eigenvalue weighted by molar-refractivity contribution is -0.122. The number of nitrogens with one attached hydrogen (secondary N) is 2. The maximum absolute atomic E-state index is 11.5. The zero-order valence-electron chi connectivity index (χ0n) is 12.9. The second-order valence-electron chi connectivity index (χ2n) is 5.65. The van der Waals surface area contributed by atoms with Gasteiger partial charge in [-0.2, -0.15) is 5.10 Å². The fourth-order valence-electron chi connectivity index (χ4n) is 2.43. The van der Waals surface area contributed by atoms with Crippen molar-refractivity contribution in [3.63, 3.8) is 0 Å². The van der Waals surface area contributed by atoms with Gasteiger partial charge >= 0.3 is 0 Å². The number of carbonyl (C=O) groups is 1. The summed E-state index contributed by atoms with van der Waals surface area (Å²) in [6, 6.07) is 0. The van der Waals surface area contributed by atoms with Crippen LogP contribution in [0.5, 0.6) is 0 Å². The van der Waals surface area contributed by atoms with E-state index in [1.165, 1.54) is 5.56 Å². The second-order valence-corrected chi connectivity index (χ2v) is 5.65. The van der Waals surface area contributed by atoms with E-state index in [9.17, 15) is 4.79 Å². The first-order valence-electron chi connectivity index (χ1n) is 7.19. The Labute approximate surface area is 120 Å². The number of anilines is 1. The third-order valence-electron chi connectivity index (χ3n) is 3.59. The SMILES string of the molecule is Cc1nn(C)c(N(C)C)c1CNCCNC(=O)C1CC1. The number of nitrogens with zero attached hydrogens (tertiary/aromatic N) is 3. The van der Waals surface area contributed by atoms with Crippen molar-refractivity contribution < 1.29 is 4.79 Å². The molecular formula is C14H25N5O. The first-order valence-corrected chi connectivity index (χ1v) is 7.19. The molecule has 6 nitrogen and oxygen atoms in total. The van der Waals surface area contributed by atoms with Crippen LogP contribution < -0.4 is 15.5 Å². The highest BCUT2D eigenvalue weighted by Crippen LogP contribution is 2.28. The van der Waals surface area contributed by atoms with Gasteiger partial charge in [0.2, 0.25) is 5.91 Å². The predicted molar refractivity (Wildman–Crippen MR) is 79.7 cm³/mol. The van der Waals surface area contributed by atoms with E-state index >= 15 is 0 Å². The number of amides is 1. The van der Waals surface area contributed by atoms with Crippen molar-refractivity contribution in [2.45, 2.75) is 26.3 Å². The van der Waals surface area contributed by atoms with E-state index < -0.39 is 0 Å². The third-order valence-corrected chi connectivity index (χ3v) is 3.59. The summed E-state index contributed by atoms with van der Waals surface area (Å²) in [5.41, 5.74) is 2.26. The number of aromatic nitrogens is 2. The van der Waals surface area contributed by atoms with Gasteiger partial charge in [-0.05, 0) is 19.8 Å². The minimum absolute atomic E-state index is 0.207. The Hall–Kier alpha value is -1.56. The van der Waals surface area contributed by atoms with Crippen molar-refractivity contribution in [1.82, 2.24) is 20.4 Å². The first kappa shape index (κ1) is 14.8. The first-order chi connectivity index (χ1) is 9.50. The maximum Gasteiger partial charge on any atom is 0.223 e. The number of carbonyl (C=O) groups excluding carboxylic acids is 1. The monoisotopic (exact) mass is 279 g/mol. The highest BCUT2D eigenvalue weighted by Gasteiger charge is 2.28. The molecule has 1 aromatic heterocycles. The highest BCUT2D eigenvalue weighted by atomic mass is 16.2. The minimum Gasteiger partial charge on any atom is -0.363 e. The molecule has 0 atom stereocenters. The molecule has 1 aliphatic carbocycles. The van der Waals surface area contributed by atoms with Crippen LogP contribution in [0.4, 0.5) is 5.82 Å². The van der Waals surface area contributed by atoms with Crippen LogP contribution in [0.2, 0.25) is 0 Å². The maximum atomic E-state index is 11.5. The van der Waals surface area contributed by atoms with Gasteiger partial charge in [-0.25, -0.2) is 0 Å². The zero-order chi connectivity index (χ0) is 14.7. The molecule has 1 saturated carbocycles. The zero-order valence-corrected chi connectivity index (χ0v) is 12.9. The molecule has 0 aliphatic heterocycles. The van der Waals surface area contributed by atoms with Crippen LogP contribution in [0.3, 0.4) is 0 Å². The van der Waals surface area contributed by atoms with Crippen molar-refractivity contribution in [3.8, 4) is 0 Å². The topological polar surface area (TPSA) is 62.2 Å². The summed E-state index contributed by atoms with van der Waals surface area (Å²) in [7, 11) is 6.01. The van der Waals surface area contributed by atoms with Gasteiger partial charge in [0.15, 0.2) is 0 Å². The Kier molecular flexibility index (Phi) is 4.65. The van der Waals surface area contributed by atoms with Crippen LogP contribution in [-0.4, -0.2) is 42.9 Å². The quantitative estimate of drug-likeness (QED) is 0.710. The number of aryl methyl sites for hydroxylation is 2. The van der Waals surface area contributed by atoms with E-state index in [4.69, 9.17) is 0 Å². The molecule has 1 aromatic rings. The molecule has 1 aliphatic rings. The molecule has 1 fully saturated rings. The van der Waals surface area contributed by atoms with Crippen LogP contribution in [0.15, 0.2) is 0 Å². The number of rotatable bonds is 7. The normalized spacial score (nSPS) is 14.4. The van der Waals surface area contributed by atoms with E-state index in [-0.39, 0.29) is 11.8 Å². The Balaban J connectivity index is 1.77. The second kappa shape index (κ2) is 6.26. The molecule has 0 spiro atoms. The molecule has 2 rings (SSSR count). The average molecular weight is 279 g/mol. The molecule has 6 heteroatoms. The van der Waals surface area contributed by atoms with Crippen molar-refractivity contribution in [2.75, 3.05) is 32.1 Å². The average Bonchev–Trinajstić information content (AvgIpc) is 3.16. The van der Waals surface area contributed by atoms with Gasteiger partial charge in [-0.15, -0.1) is 0 Å². The summed E-state index contributed by atoms with van der Waals surface area (Å²) < 4.78 is 1.90. The van der Waals surface area contributed by atoms with Crippen molar-refractivity contribution in [1.29, 1.82) is 0 Å². The van der Waals surface area contributed by atoms with Crippen LogP contribution in [0.1, 0.15) is 24.1 Å². The largest absolute Gasteiger partial charge is 0.363 e. The molecule has 0 radical (unpaired) electrons. The number of hydrogen-bond donors (Lipinski definition) is 2. The van der Waals surface area contributed by atoms with Gasteiger partial charge < -0.3 is 15.5 Å². The van der Waals surface area contributed by atoms with E-state index in [2.05, 4.69) is 20.6 Å². The summed E-state index contributed by atoms with van der Waals surface area (Å²) in [6.07, 6.45) is 2.11. The fraction of sp³-hybridized carbons (Fsp3) is 0.714. The summed E-state index contributed by atoms with van der Waals surface area (Å²) in [6.45, 7) is 4.26. The van der Waals surface area contributed by atoms with Crippen molar-refractivity contribution >= 4 is 11.7 Å². The van der Waals surface area contributed by atoms with Gasteiger partial charge in [0, 0.05) is 52.3 Å². The van der Waals surface area contributed by atoms with E-state index in [0.29, 0.717) is 6.54 Å². The molecule has 112 valence electrons. The lowest BCUT2D eigenvalue weighted by atomic mass is 10.2. The van der Waals surface area contributed by atoms with E-state index in [1.54, 1.807) is 0 Å². The minimum atomic E-state index is 0.207. The molecule has 20 heavy (non-hydrogen) atoms. The third kappa shape index (κ3) is 3.50. The van der Waals surface area contributed by atoms with Crippen LogP contribution in [0, 0.1) is 12.8 Å². The fourth-order valence-corrected chi connectivity index (χ4v) is 2.43. The smallest absolute Gasteiger partial charge is 0.223 e. The highest BCUT2D eigenvalue weighted by molar-refractivity contribution is 5.80. The molecule has 1 amide bonds. The summed E-state index contributed by atoms with van der Waals surface area (Å²) in [5.74, 6) is 1.62. The molecule has 0 unspecified atom stereocenters. The van der Waals surface area contributed by atoms with Crippen LogP contribution in [-0.2, 0) is 18.4 Å². The molecule has 2 N–H and O–H groups in total. The van der Waals surface area contributed by atoms with Crippen LogP contribution in [0.25, 0.3) is 0 Å². The van der Waals surface area contributed by atoms with E-state index in [1.807, 2.05) is 32.7 Å². The summed E-state index contributed by atoms with van der Waals surface area (Å²) in [5, 5.41) is 10.8. The Morgan fingerprint density at radius 3 is 2.70 bits per heavy atom. The summed E-state index contributed by atoms with van der Waals surface area (Å²) in [4.78, 5) is 13.6.